The Balaban J connectivity index is 1.78. The molecule has 2 saturated heterocycles. The van der Waals surface area contributed by atoms with Crippen molar-refractivity contribution in [1.29, 1.82) is 0 Å². The van der Waals surface area contributed by atoms with Crippen molar-refractivity contribution >= 4 is 22.7 Å². The Bertz CT molecular complexity index is 648. The van der Waals surface area contributed by atoms with E-state index in [9.17, 15) is 0 Å². The van der Waals surface area contributed by atoms with Crippen LogP contribution in [0.2, 0.25) is 0 Å². The second-order valence-electron chi connectivity index (χ2n) is 6.01. The molecule has 5 heteroatoms. The van der Waals surface area contributed by atoms with Gasteiger partial charge < -0.3 is 14.5 Å². The number of hydrogen-bond acceptors (Lipinski definition) is 5. The Hall–Kier alpha value is -1.88. The molecule has 0 aliphatic carbocycles. The summed E-state index contributed by atoms with van der Waals surface area (Å²) < 4.78 is 5.48. The molecule has 0 bridgehead atoms. The number of para-hydroxylation sites is 1. The summed E-state index contributed by atoms with van der Waals surface area (Å²) in [5.74, 6) is 1.95. The summed E-state index contributed by atoms with van der Waals surface area (Å²) in [7, 11) is 0. The minimum atomic E-state index is 0.775. The normalized spacial score (nSPS) is 19.6. The van der Waals surface area contributed by atoms with E-state index < -0.39 is 0 Å². The van der Waals surface area contributed by atoms with Crippen molar-refractivity contribution in [1.82, 2.24) is 9.97 Å². The van der Waals surface area contributed by atoms with E-state index in [2.05, 4.69) is 34.1 Å². The topological polar surface area (TPSA) is 41.5 Å². The third kappa shape index (κ3) is 2.61. The molecule has 2 aliphatic heterocycles. The quantitative estimate of drug-likeness (QED) is 0.852. The minimum Gasteiger partial charge on any atom is -0.378 e. The van der Waals surface area contributed by atoms with E-state index in [1.54, 1.807) is 0 Å². The molecule has 1 aromatic carbocycles. The van der Waals surface area contributed by atoms with Crippen LogP contribution in [0, 0.1) is 0 Å². The van der Waals surface area contributed by atoms with E-state index in [1.165, 1.54) is 19.3 Å². The first kappa shape index (κ1) is 13.8. The smallest absolute Gasteiger partial charge is 0.227 e. The van der Waals surface area contributed by atoms with Gasteiger partial charge in [0, 0.05) is 31.6 Å². The lowest BCUT2D eigenvalue weighted by Crippen LogP contribution is -2.37. The third-order valence-electron chi connectivity index (χ3n) is 4.52. The molecule has 4 rings (SSSR count). The Morgan fingerprint density at radius 1 is 0.818 bits per heavy atom. The Kier molecular flexibility index (Phi) is 3.81. The number of nitrogens with zero attached hydrogens (tertiary/aromatic N) is 4. The number of ether oxygens (including phenoxy) is 1. The van der Waals surface area contributed by atoms with Crippen LogP contribution in [0.5, 0.6) is 0 Å². The molecule has 3 heterocycles. The van der Waals surface area contributed by atoms with E-state index in [0.717, 1.165) is 62.1 Å². The molecule has 0 N–H and O–H groups in total. The van der Waals surface area contributed by atoms with E-state index >= 15 is 0 Å². The molecule has 0 saturated carbocycles. The molecule has 22 heavy (non-hydrogen) atoms. The number of anilines is 2. The van der Waals surface area contributed by atoms with Gasteiger partial charge in [0.15, 0.2) is 0 Å². The summed E-state index contributed by atoms with van der Waals surface area (Å²) in [6, 6.07) is 8.34. The van der Waals surface area contributed by atoms with E-state index in [-0.39, 0.29) is 0 Å². The molecule has 0 amide bonds. The number of rotatable bonds is 2. The third-order valence-corrected chi connectivity index (χ3v) is 4.52. The monoisotopic (exact) mass is 298 g/mol. The molecule has 2 fully saturated rings. The SMILES string of the molecule is c1ccc2c(N3CCOCC3)nc(N3CCCCC3)nc2c1. The number of fused-ring (bicyclic) bond motifs is 1. The van der Waals surface area contributed by atoms with Crippen molar-refractivity contribution in [2.45, 2.75) is 19.3 Å². The van der Waals surface area contributed by atoms with Gasteiger partial charge in [-0.3, -0.25) is 0 Å². The molecular weight excluding hydrogens is 276 g/mol. The number of benzene rings is 1. The van der Waals surface area contributed by atoms with E-state index in [1.807, 2.05) is 0 Å². The van der Waals surface area contributed by atoms with Crippen molar-refractivity contribution in [3.8, 4) is 0 Å². The summed E-state index contributed by atoms with van der Waals surface area (Å²) in [4.78, 5) is 14.4. The number of piperidine rings is 1. The highest BCUT2D eigenvalue weighted by atomic mass is 16.5. The Morgan fingerprint density at radius 3 is 2.41 bits per heavy atom. The maximum Gasteiger partial charge on any atom is 0.227 e. The molecule has 2 aromatic rings. The van der Waals surface area contributed by atoms with Crippen molar-refractivity contribution in [3.63, 3.8) is 0 Å². The number of hydrogen-bond donors (Lipinski definition) is 0. The average molecular weight is 298 g/mol. The van der Waals surface area contributed by atoms with E-state index in [0.29, 0.717) is 0 Å². The van der Waals surface area contributed by atoms with Gasteiger partial charge in [0.1, 0.15) is 5.82 Å². The van der Waals surface area contributed by atoms with Crippen molar-refractivity contribution < 1.29 is 4.74 Å². The molecule has 0 radical (unpaired) electrons. The molecule has 2 aliphatic rings. The van der Waals surface area contributed by atoms with Gasteiger partial charge >= 0.3 is 0 Å². The van der Waals surface area contributed by atoms with Gasteiger partial charge in [-0.15, -0.1) is 0 Å². The molecule has 0 unspecified atom stereocenters. The predicted molar refractivity (Wildman–Crippen MR) is 88.6 cm³/mol. The van der Waals surface area contributed by atoms with Gasteiger partial charge in [-0.1, -0.05) is 12.1 Å². The second-order valence-corrected chi connectivity index (χ2v) is 6.01. The number of aromatic nitrogens is 2. The van der Waals surface area contributed by atoms with Gasteiger partial charge in [0.25, 0.3) is 0 Å². The fourth-order valence-corrected chi connectivity index (χ4v) is 3.30. The lowest BCUT2D eigenvalue weighted by molar-refractivity contribution is 0.122. The zero-order valence-corrected chi connectivity index (χ0v) is 12.9. The summed E-state index contributed by atoms with van der Waals surface area (Å²) in [6.07, 6.45) is 3.80. The van der Waals surface area contributed by atoms with Crippen LogP contribution < -0.4 is 9.80 Å². The Labute approximate surface area is 130 Å². The van der Waals surface area contributed by atoms with Crippen LogP contribution >= 0.6 is 0 Å². The summed E-state index contributed by atoms with van der Waals surface area (Å²) in [6.45, 7) is 5.50. The van der Waals surface area contributed by atoms with Gasteiger partial charge in [-0.25, -0.2) is 4.98 Å². The standard InChI is InChI=1S/C17H22N4O/c1-4-8-21(9-5-1)17-18-15-7-3-2-6-14(15)16(19-17)20-10-12-22-13-11-20/h2-3,6-7H,1,4-5,8-13H2. The van der Waals surface area contributed by atoms with Crippen LogP contribution in [0.25, 0.3) is 10.9 Å². The summed E-state index contributed by atoms with van der Waals surface area (Å²) in [5, 5.41) is 1.14. The van der Waals surface area contributed by atoms with Crippen molar-refractivity contribution in [2.24, 2.45) is 0 Å². The number of morpholine rings is 1. The van der Waals surface area contributed by atoms with E-state index in [4.69, 9.17) is 14.7 Å². The highest BCUT2D eigenvalue weighted by Crippen LogP contribution is 2.28. The largest absolute Gasteiger partial charge is 0.378 e. The molecule has 0 spiro atoms. The minimum absolute atomic E-state index is 0.775. The fourth-order valence-electron chi connectivity index (χ4n) is 3.30. The molecule has 1 aromatic heterocycles. The second kappa shape index (κ2) is 6.08. The molecule has 5 nitrogen and oxygen atoms in total. The Morgan fingerprint density at radius 2 is 1.59 bits per heavy atom. The zero-order valence-electron chi connectivity index (χ0n) is 12.9. The van der Waals surface area contributed by atoms with Crippen LogP contribution in [-0.2, 0) is 4.74 Å². The fraction of sp³-hybridized carbons (Fsp3) is 0.529. The summed E-state index contributed by atoms with van der Waals surface area (Å²) >= 11 is 0. The predicted octanol–water partition coefficient (Wildman–Crippen LogP) is 2.46. The maximum absolute atomic E-state index is 5.48. The average Bonchev–Trinajstić information content (AvgIpc) is 2.62. The van der Waals surface area contributed by atoms with Crippen molar-refractivity contribution in [3.05, 3.63) is 24.3 Å². The van der Waals surface area contributed by atoms with Crippen LogP contribution in [0.1, 0.15) is 19.3 Å². The van der Waals surface area contributed by atoms with Crippen LogP contribution in [0.3, 0.4) is 0 Å². The zero-order chi connectivity index (χ0) is 14.8. The van der Waals surface area contributed by atoms with Crippen LogP contribution in [0.15, 0.2) is 24.3 Å². The van der Waals surface area contributed by atoms with Gasteiger partial charge in [-0.05, 0) is 31.4 Å². The van der Waals surface area contributed by atoms with Gasteiger partial charge in [0.05, 0.1) is 18.7 Å². The molecule has 116 valence electrons. The molecular formula is C17H22N4O. The van der Waals surface area contributed by atoms with Gasteiger partial charge in [-0.2, -0.15) is 4.98 Å². The lowest BCUT2D eigenvalue weighted by Gasteiger charge is -2.31. The highest BCUT2D eigenvalue weighted by Gasteiger charge is 2.20. The van der Waals surface area contributed by atoms with Crippen LogP contribution in [-0.4, -0.2) is 49.4 Å². The van der Waals surface area contributed by atoms with Crippen LogP contribution in [0.4, 0.5) is 11.8 Å². The first-order valence-corrected chi connectivity index (χ1v) is 8.26. The maximum atomic E-state index is 5.48. The summed E-state index contributed by atoms with van der Waals surface area (Å²) in [5.41, 5.74) is 1.04. The first-order valence-electron chi connectivity index (χ1n) is 8.26. The van der Waals surface area contributed by atoms with Crippen molar-refractivity contribution in [2.75, 3.05) is 49.2 Å². The highest BCUT2D eigenvalue weighted by molar-refractivity contribution is 5.90. The van der Waals surface area contributed by atoms with Gasteiger partial charge in [0.2, 0.25) is 5.95 Å². The first-order chi connectivity index (χ1) is 10.9. The molecule has 0 atom stereocenters. The lowest BCUT2D eigenvalue weighted by atomic mass is 10.1.